The molecule has 1 amide bonds. The minimum atomic E-state index is -0.495. The van der Waals surface area contributed by atoms with Gasteiger partial charge in [-0.3, -0.25) is 4.79 Å². The first kappa shape index (κ1) is 11.1. The van der Waals surface area contributed by atoms with Gasteiger partial charge in [0.25, 0.3) is 5.91 Å². The highest BCUT2D eigenvalue weighted by Crippen LogP contribution is 2.26. The van der Waals surface area contributed by atoms with E-state index in [2.05, 4.69) is 27.8 Å². The molecule has 0 saturated carbocycles. The van der Waals surface area contributed by atoms with Crippen molar-refractivity contribution in [3.63, 3.8) is 0 Å². The zero-order valence-corrected chi connectivity index (χ0v) is 10.4. The Labute approximate surface area is 102 Å². The molecule has 0 saturated heterocycles. The summed E-state index contributed by atoms with van der Waals surface area (Å²) in [6.45, 7) is 2.07. The molecule has 2 N–H and O–H groups in total. The highest BCUT2D eigenvalue weighted by molar-refractivity contribution is 9.10. The molecule has 3 nitrogen and oxygen atoms in total. The Hall–Kier alpha value is -1.42. The third-order valence-electron chi connectivity index (χ3n) is 2.55. The van der Waals surface area contributed by atoms with Gasteiger partial charge in [-0.05, 0) is 39.4 Å². The molecule has 4 heteroatoms. The summed E-state index contributed by atoms with van der Waals surface area (Å²) in [6.07, 6.45) is 2.52. The zero-order chi connectivity index (χ0) is 11.7. The summed E-state index contributed by atoms with van der Waals surface area (Å²) in [6, 6.07) is 5.98. The van der Waals surface area contributed by atoms with E-state index in [1.54, 1.807) is 6.20 Å². The summed E-state index contributed by atoms with van der Waals surface area (Å²) in [5, 5.41) is 1.77. The number of pyridine rings is 1. The van der Waals surface area contributed by atoms with Crippen LogP contribution in [0.3, 0.4) is 0 Å². The first-order valence-electron chi connectivity index (χ1n) is 5.00. The number of hydrogen-bond acceptors (Lipinski definition) is 2. The van der Waals surface area contributed by atoms with E-state index in [0.29, 0.717) is 5.69 Å². The normalized spacial score (nSPS) is 10.6. The van der Waals surface area contributed by atoms with E-state index in [0.717, 1.165) is 27.2 Å². The Morgan fingerprint density at radius 3 is 2.81 bits per heavy atom. The molecule has 0 fully saturated rings. The molecule has 0 unspecified atom stereocenters. The lowest BCUT2D eigenvalue weighted by Crippen LogP contribution is -2.13. The third kappa shape index (κ3) is 1.80. The fourth-order valence-corrected chi connectivity index (χ4v) is 2.12. The minimum absolute atomic E-state index is 0.327. The predicted octanol–water partition coefficient (Wildman–Crippen LogP) is 2.66. The third-order valence-corrected chi connectivity index (χ3v) is 3.18. The quantitative estimate of drug-likeness (QED) is 0.918. The molecule has 2 aromatic rings. The van der Waals surface area contributed by atoms with Crippen molar-refractivity contribution in [3.05, 3.63) is 40.1 Å². The van der Waals surface area contributed by atoms with Gasteiger partial charge < -0.3 is 5.73 Å². The zero-order valence-electron chi connectivity index (χ0n) is 8.83. The Bertz CT molecular complexity index is 566. The number of carbonyl (C=O) groups excluding carboxylic acids is 1. The Balaban J connectivity index is 2.83. The maximum Gasteiger partial charge on any atom is 0.267 e. The first-order valence-corrected chi connectivity index (χ1v) is 5.79. The maximum atomic E-state index is 11.3. The average Bonchev–Trinajstić information content (AvgIpc) is 2.28. The van der Waals surface area contributed by atoms with Gasteiger partial charge in [-0.25, -0.2) is 4.98 Å². The molecule has 82 valence electrons. The van der Waals surface area contributed by atoms with Crippen LogP contribution in [0.4, 0.5) is 0 Å². The van der Waals surface area contributed by atoms with Gasteiger partial charge in [0.15, 0.2) is 0 Å². The van der Waals surface area contributed by atoms with Gasteiger partial charge >= 0.3 is 0 Å². The number of nitrogens with two attached hydrogens (primary N) is 1. The van der Waals surface area contributed by atoms with Gasteiger partial charge in [0.2, 0.25) is 0 Å². The van der Waals surface area contributed by atoms with E-state index >= 15 is 0 Å². The molecule has 1 aromatic heterocycles. The lowest BCUT2D eigenvalue weighted by Gasteiger charge is -2.06. The number of halogens is 1. The van der Waals surface area contributed by atoms with Crippen molar-refractivity contribution < 1.29 is 4.79 Å². The monoisotopic (exact) mass is 278 g/mol. The van der Waals surface area contributed by atoms with Crippen molar-refractivity contribution in [2.75, 3.05) is 0 Å². The number of benzene rings is 1. The summed E-state index contributed by atoms with van der Waals surface area (Å²) in [7, 11) is 0. The molecule has 1 heterocycles. The molecule has 0 bridgehead atoms. The number of carbonyl (C=O) groups is 1. The number of aromatic nitrogens is 1. The highest BCUT2D eigenvalue weighted by atomic mass is 79.9. The number of hydrogen-bond donors (Lipinski definition) is 1. The van der Waals surface area contributed by atoms with E-state index in [-0.39, 0.29) is 0 Å². The summed E-state index contributed by atoms with van der Waals surface area (Å²) in [5.41, 5.74) is 6.79. The van der Waals surface area contributed by atoms with Crippen LogP contribution < -0.4 is 5.73 Å². The van der Waals surface area contributed by atoms with E-state index in [1.807, 2.05) is 18.2 Å². The number of aryl methyl sites for hydroxylation is 1. The molecule has 0 spiro atoms. The van der Waals surface area contributed by atoms with Crippen molar-refractivity contribution in [1.82, 2.24) is 4.98 Å². The number of rotatable bonds is 2. The summed E-state index contributed by atoms with van der Waals surface area (Å²) < 4.78 is 0.871. The van der Waals surface area contributed by atoms with Gasteiger partial charge in [0.05, 0.1) is 0 Å². The predicted molar refractivity (Wildman–Crippen MR) is 67.3 cm³/mol. The van der Waals surface area contributed by atoms with Gasteiger partial charge in [-0.2, -0.15) is 0 Å². The smallest absolute Gasteiger partial charge is 0.267 e. The van der Waals surface area contributed by atoms with Crippen molar-refractivity contribution in [3.8, 4) is 0 Å². The molecular weight excluding hydrogens is 268 g/mol. The fraction of sp³-hybridized carbons (Fsp3) is 0.167. The van der Waals surface area contributed by atoms with Crippen LogP contribution in [0.2, 0.25) is 0 Å². The Morgan fingerprint density at radius 1 is 1.44 bits per heavy atom. The van der Waals surface area contributed by atoms with Crippen LogP contribution >= 0.6 is 15.9 Å². The molecule has 0 radical (unpaired) electrons. The second-order valence-electron chi connectivity index (χ2n) is 3.55. The highest BCUT2D eigenvalue weighted by Gasteiger charge is 2.10. The molecule has 0 aliphatic carbocycles. The number of primary amides is 1. The minimum Gasteiger partial charge on any atom is -0.364 e. The summed E-state index contributed by atoms with van der Waals surface area (Å²) in [4.78, 5) is 15.3. The lowest BCUT2D eigenvalue weighted by molar-refractivity contribution is 0.0997. The first-order chi connectivity index (χ1) is 7.63. The fourth-order valence-electron chi connectivity index (χ4n) is 1.67. The SMILES string of the molecule is CCc1ccc2c(Br)cnc(C(N)=O)c2c1. The van der Waals surface area contributed by atoms with Crippen LogP contribution in [-0.2, 0) is 6.42 Å². The van der Waals surface area contributed by atoms with E-state index in [4.69, 9.17) is 5.73 Å². The standard InChI is InChI=1S/C12H11BrN2O/c1-2-7-3-4-8-9(5-7)11(12(14)16)15-6-10(8)13/h3-6H,2H2,1H3,(H2,14,16). The van der Waals surface area contributed by atoms with Gasteiger partial charge in [0, 0.05) is 16.1 Å². The van der Waals surface area contributed by atoms with Gasteiger partial charge in [-0.1, -0.05) is 19.1 Å². The number of fused-ring (bicyclic) bond motifs is 1. The average molecular weight is 279 g/mol. The van der Waals surface area contributed by atoms with E-state index in [9.17, 15) is 4.79 Å². The van der Waals surface area contributed by atoms with Crippen LogP contribution in [0.5, 0.6) is 0 Å². The second-order valence-corrected chi connectivity index (χ2v) is 4.41. The summed E-state index contributed by atoms with van der Waals surface area (Å²) in [5.74, 6) is -0.495. The largest absolute Gasteiger partial charge is 0.364 e. The molecular formula is C12H11BrN2O. The Morgan fingerprint density at radius 2 is 2.19 bits per heavy atom. The van der Waals surface area contributed by atoms with Crippen molar-refractivity contribution >= 4 is 32.6 Å². The van der Waals surface area contributed by atoms with Crippen LogP contribution in [0.25, 0.3) is 10.8 Å². The van der Waals surface area contributed by atoms with Crippen LogP contribution in [-0.4, -0.2) is 10.9 Å². The molecule has 1 aromatic carbocycles. The Kier molecular flexibility index (Phi) is 2.92. The van der Waals surface area contributed by atoms with Crippen molar-refractivity contribution in [1.29, 1.82) is 0 Å². The van der Waals surface area contributed by atoms with Crippen LogP contribution in [0, 0.1) is 0 Å². The van der Waals surface area contributed by atoms with E-state index < -0.39 is 5.91 Å². The van der Waals surface area contributed by atoms with Crippen LogP contribution in [0.1, 0.15) is 23.0 Å². The maximum absolute atomic E-state index is 11.3. The molecule has 0 aliphatic heterocycles. The molecule has 16 heavy (non-hydrogen) atoms. The van der Waals surface area contributed by atoms with Crippen molar-refractivity contribution in [2.24, 2.45) is 5.73 Å². The van der Waals surface area contributed by atoms with Crippen LogP contribution in [0.15, 0.2) is 28.9 Å². The second kappa shape index (κ2) is 4.22. The lowest BCUT2D eigenvalue weighted by atomic mass is 10.0. The summed E-state index contributed by atoms with van der Waals surface area (Å²) >= 11 is 3.41. The molecule has 2 rings (SSSR count). The number of amides is 1. The molecule has 0 atom stereocenters. The van der Waals surface area contributed by atoms with E-state index in [1.165, 1.54) is 0 Å². The van der Waals surface area contributed by atoms with Gasteiger partial charge in [-0.15, -0.1) is 0 Å². The topological polar surface area (TPSA) is 56.0 Å². The molecule has 0 aliphatic rings. The van der Waals surface area contributed by atoms with Crippen molar-refractivity contribution in [2.45, 2.75) is 13.3 Å². The number of nitrogens with zero attached hydrogens (tertiary/aromatic N) is 1. The van der Waals surface area contributed by atoms with Gasteiger partial charge in [0.1, 0.15) is 5.69 Å².